The fraction of sp³-hybridized carbons (Fsp3) is 0.105. The van der Waals surface area contributed by atoms with Gasteiger partial charge < -0.3 is 20.1 Å². The largest absolute Gasteiger partial charge is 0.493 e. The summed E-state index contributed by atoms with van der Waals surface area (Å²) < 4.78 is 10.5. The summed E-state index contributed by atoms with van der Waals surface area (Å²) in [5.41, 5.74) is 2.53. The van der Waals surface area contributed by atoms with E-state index in [0.717, 1.165) is 17.1 Å². The van der Waals surface area contributed by atoms with E-state index in [1.807, 2.05) is 53.9 Å². The van der Waals surface area contributed by atoms with Gasteiger partial charge in [0, 0.05) is 23.1 Å². The molecule has 0 saturated heterocycles. The van der Waals surface area contributed by atoms with E-state index < -0.39 is 0 Å². The van der Waals surface area contributed by atoms with Crippen molar-refractivity contribution in [3.63, 3.8) is 0 Å². The SMILES string of the molecule is COc1ccc(Nc2ccc(NC(=O)c3cccs3)cc2)cc1OC. The Balaban J connectivity index is 1.67. The molecule has 3 aromatic rings. The Kier molecular flexibility index (Phi) is 5.20. The summed E-state index contributed by atoms with van der Waals surface area (Å²) in [5, 5.41) is 8.05. The van der Waals surface area contributed by atoms with E-state index in [4.69, 9.17) is 9.47 Å². The molecule has 0 bridgehead atoms. The van der Waals surface area contributed by atoms with Crippen molar-refractivity contribution < 1.29 is 14.3 Å². The highest BCUT2D eigenvalue weighted by Gasteiger charge is 2.07. The molecule has 2 aromatic carbocycles. The third-order valence-electron chi connectivity index (χ3n) is 3.56. The highest BCUT2D eigenvalue weighted by Crippen LogP contribution is 2.31. The molecular weight excluding hydrogens is 336 g/mol. The van der Waals surface area contributed by atoms with Crippen LogP contribution in [0.4, 0.5) is 17.1 Å². The highest BCUT2D eigenvalue weighted by atomic mass is 32.1. The quantitative estimate of drug-likeness (QED) is 0.670. The maximum atomic E-state index is 12.0. The summed E-state index contributed by atoms with van der Waals surface area (Å²) in [4.78, 5) is 12.7. The van der Waals surface area contributed by atoms with Crippen LogP contribution in [0.2, 0.25) is 0 Å². The molecule has 0 aliphatic rings. The first-order valence-electron chi connectivity index (χ1n) is 7.63. The Labute approximate surface area is 150 Å². The van der Waals surface area contributed by atoms with Gasteiger partial charge in [-0.1, -0.05) is 6.07 Å². The number of thiophene rings is 1. The van der Waals surface area contributed by atoms with Crippen LogP contribution in [-0.4, -0.2) is 20.1 Å². The van der Waals surface area contributed by atoms with Crippen LogP contribution in [0.5, 0.6) is 11.5 Å². The second-order valence-corrected chi connectivity index (χ2v) is 6.15. The summed E-state index contributed by atoms with van der Waals surface area (Å²) in [7, 11) is 3.21. The number of methoxy groups -OCH3 is 2. The van der Waals surface area contributed by atoms with Crippen molar-refractivity contribution in [2.75, 3.05) is 24.9 Å². The summed E-state index contributed by atoms with van der Waals surface area (Å²) in [5.74, 6) is 1.24. The molecule has 1 heterocycles. The first-order chi connectivity index (χ1) is 12.2. The van der Waals surface area contributed by atoms with Gasteiger partial charge in [0.05, 0.1) is 19.1 Å². The summed E-state index contributed by atoms with van der Waals surface area (Å²) in [6.45, 7) is 0. The van der Waals surface area contributed by atoms with Crippen molar-refractivity contribution in [2.24, 2.45) is 0 Å². The van der Waals surface area contributed by atoms with Gasteiger partial charge in [0.2, 0.25) is 0 Å². The molecule has 1 amide bonds. The maximum Gasteiger partial charge on any atom is 0.265 e. The van der Waals surface area contributed by atoms with Gasteiger partial charge in [0.1, 0.15) is 0 Å². The minimum absolute atomic E-state index is 0.101. The van der Waals surface area contributed by atoms with Crippen molar-refractivity contribution >= 4 is 34.3 Å². The van der Waals surface area contributed by atoms with Crippen LogP contribution in [0.15, 0.2) is 60.0 Å². The van der Waals surface area contributed by atoms with Crippen LogP contribution in [-0.2, 0) is 0 Å². The van der Waals surface area contributed by atoms with Gasteiger partial charge in [-0.15, -0.1) is 11.3 Å². The van der Waals surface area contributed by atoms with Crippen LogP contribution in [0.1, 0.15) is 9.67 Å². The second kappa shape index (κ2) is 7.72. The molecule has 0 saturated carbocycles. The van der Waals surface area contributed by atoms with Crippen molar-refractivity contribution in [2.45, 2.75) is 0 Å². The molecule has 0 fully saturated rings. The first kappa shape index (κ1) is 16.9. The van der Waals surface area contributed by atoms with Gasteiger partial charge >= 0.3 is 0 Å². The number of nitrogens with one attached hydrogen (secondary N) is 2. The standard InChI is InChI=1S/C19H18N2O3S/c1-23-16-10-9-15(12-17(16)24-2)20-13-5-7-14(8-6-13)21-19(22)18-4-3-11-25-18/h3-12,20H,1-2H3,(H,21,22). The van der Waals surface area contributed by atoms with E-state index >= 15 is 0 Å². The molecule has 0 spiro atoms. The number of ether oxygens (including phenoxy) is 2. The lowest BCUT2D eigenvalue weighted by molar-refractivity contribution is 0.103. The van der Waals surface area contributed by atoms with Crippen LogP contribution in [0.25, 0.3) is 0 Å². The first-order valence-corrected chi connectivity index (χ1v) is 8.51. The average molecular weight is 354 g/mol. The Morgan fingerprint density at radius 1 is 0.880 bits per heavy atom. The summed E-state index contributed by atoms with van der Waals surface area (Å²) in [6, 6.07) is 16.8. The molecule has 0 radical (unpaired) electrons. The van der Waals surface area contributed by atoms with Crippen molar-refractivity contribution in [1.82, 2.24) is 0 Å². The van der Waals surface area contributed by atoms with Crippen LogP contribution in [0.3, 0.4) is 0 Å². The summed E-state index contributed by atoms with van der Waals surface area (Å²) >= 11 is 1.42. The second-order valence-electron chi connectivity index (χ2n) is 5.20. The third kappa shape index (κ3) is 4.10. The highest BCUT2D eigenvalue weighted by molar-refractivity contribution is 7.12. The minimum Gasteiger partial charge on any atom is -0.493 e. The number of carbonyl (C=O) groups is 1. The van der Waals surface area contributed by atoms with Gasteiger partial charge in [-0.25, -0.2) is 0 Å². The molecule has 128 valence electrons. The fourth-order valence-corrected chi connectivity index (χ4v) is 2.94. The lowest BCUT2D eigenvalue weighted by atomic mass is 10.2. The van der Waals surface area contributed by atoms with Gasteiger partial charge in [0.25, 0.3) is 5.91 Å². The van der Waals surface area contributed by atoms with Crippen LogP contribution >= 0.6 is 11.3 Å². The Hall–Kier alpha value is -2.99. The maximum absolute atomic E-state index is 12.0. The zero-order chi connectivity index (χ0) is 17.6. The zero-order valence-corrected chi connectivity index (χ0v) is 14.7. The van der Waals surface area contributed by atoms with E-state index in [9.17, 15) is 4.79 Å². The third-order valence-corrected chi connectivity index (χ3v) is 4.43. The fourth-order valence-electron chi connectivity index (χ4n) is 2.32. The minimum atomic E-state index is -0.101. The normalized spacial score (nSPS) is 10.2. The smallest absolute Gasteiger partial charge is 0.265 e. The molecule has 0 unspecified atom stereocenters. The Morgan fingerprint density at radius 3 is 2.20 bits per heavy atom. The van der Waals surface area contributed by atoms with Gasteiger partial charge in [-0.05, 0) is 47.8 Å². The van der Waals surface area contributed by atoms with E-state index in [1.54, 1.807) is 20.3 Å². The number of hydrogen-bond acceptors (Lipinski definition) is 5. The van der Waals surface area contributed by atoms with Crippen molar-refractivity contribution in [1.29, 1.82) is 0 Å². The zero-order valence-electron chi connectivity index (χ0n) is 13.9. The number of benzene rings is 2. The van der Waals surface area contributed by atoms with Crippen LogP contribution in [0, 0.1) is 0 Å². The molecule has 1 aromatic heterocycles. The molecule has 0 aliphatic carbocycles. The summed E-state index contributed by atoms with van der Waals surface area (Å²) in [6.07, 6.45) is 0. The van der Waals surface area contributed by atoms with Gasteiger partial charge in [-0.2, -0.15) is 0 Å². The number of anilines is 3. The van der Waals surface area contributed by atoms with E-state index in [0.29, 0.717) is 16.4 Å². The predicted octanol–water partition coefficient (Wildman–Crippen LogP) is 4.76. The topological polar surface area (TPSA) is 59.6 Å². The van der Waals surface area contributed by atoms with Crippen molar-refractivity contribution in [3.8, 4) is 11.5 Å². The number of rotatable bonds is 6. The molecule has 5 nitrogen and oxygen atoms in total. The molecule has 3 rings (SSSR count). The van der Waals surface area contributed by atoms with Gasteiger partial charge in [-0.3, -0.25) is 4.79 Å². The lowest BCUT2D eigenvalue weighted by Crippen LogP contribution is -2.09. The molecule has 0 atom stereocenters. The van der Waals surface area contributed by atoms with Gasteiger partial charge in [0.15, 0.2) is 11.5 Å². The van der Waals surface area contributed by atoms with Crippen molar-refractivity contribution in [3.05, 3.63) is 64.9 Å². The predicted molar refractivity (Wildman–Crippen MR) is 102 cm³/mol. The van der Waals surface area contributed by atoms with E-state index in [-0.39, 0.29) is 5.91 Å². The lowest BCUT2D eigenvalue weighted by Gasteiger charge is -2.12. The molecule has 25 heavy (non-hydrogen) atoms. The number of amides is 1. The molecule has 0 aliphatic heterocycles. The molecule has 2 N–H and O–H groups in total. The number of hydrogen-bond donors (Lipinski definition) is 2. The molecular formula is C19H18N2O3S. The monoisotopic (exact) mass is 354 g/mol. The average Bonchev–Trinajstić information content (AvgIpc) is 3.18. The Morgan fingerprint density at radius 2 is 1.56 bits per heavy atom. The number of carbonyl (C=O) groups excluding carboxylic acids is 1. The van der Waals surface area contributed by atoms with E-state index in [2.05, 4.69) is 10.6 Å². The molecule has 6 heteroatoms. The van der Waals surface area contributed by atoms with Crippen LogP contribution < -0.4 is 20.1 Å². The van der Waals surface area contributed by atoms with E-state index in [1.165, 1.54) is 11.3 Å². The Bertz CT molecular complexity index is 846.